The summed E-state index contributed by atoms with van der Waals surface area (Å²) in [5, 5.41) is 5.09. The van der Waals surface area contributed by atoms with Crippen molar-refractivity contribution >= 4 is 10.9 Å². The number of aromatic amines is 1. The lowest BCUT2D eigenvalue weighted by Gasteiger charge is -2.29. The highest BCUT2D eigenvalue weighted by Gasteiger charge is 2.22. The summed E-state index contributed by atoms with van der Waals surface area (Å²) >= 11 is 0. The second-order valence-electron chi connectivity index (χ2n) is 7.34. The van der Waals surface area contributed by atoms with Crippen molar-refractivity contribution in [2.45, 2.75) is 44.1 Å². The Bertz CT molecular complexity index is 847. The van der Waals surface area contributed by atoms with E-state index in [9.17, 15) is 0 Å². The Balaban J connectivity index is 1.27. The van der Waals surface area contributed by atoms with Crippen LogP contribution in [0.4, 0.5) is 0 Å². The van der Waals surface area contributed by atoms with Crippen LogP contribution < -0.4 is 5.32 Å². The lowest BCUT2D eigenvalue weighted by Crippen LogP contribution is -2.37. The molecule has 2 nitrogen and oxygen atoms in total. The van der Waals surface area contributed by atoms with Crippen LogP contribution in [0.2, 0.25) is 0 Å². The first-order valence-electron chi connectivity index (χ1n) is 9.92. The molecule has 1 aromatic heterocycles. The van der Waals surface area contributed by atoms with E-state index < -0.39 is 0 Å². The average Bonchev–Trinajstić information content (AvgIpc) is 3.12. The minimum Gasteiger partial charge on any atom is -0.361 e. The van der Waals surface area contributed by atoms with Crippen LogP contribution in [0.3, 0.4) is 0 Å². The van der Waals surface area contributed by atoms with Crippen LogP contribution in [-0.2, 0) is 6.42 Å². The molecule has 0 saturated carbocycles. The van der Waals surface area contributed by atoms with Crippen molar-refractivity contribution in [3.63, 3.8) is 0 Å². The lowest BCUT2D eigenvalue weighted by molar-refractivity contribution is 0.429. The van der Waals surface area contributed by atoms with Crippen molar-refractivity contribution in [3.8, 4) is 0 Å². The molecule has 4 rings (SSSR count). The second kappa shape index (κ2) is 8.37. The Morgan fingerprint density at radius 3 is 2.65 bits per heavy atom. The van der Waals surface area contributed by atoms with E-state index in [1.807, 2.05) is 0 Å². The van der Waals surface area contributed by atoms with Gasteiger partial charge in [-0.1, -0.05) is 73.5 Å². The van der Waals surface area contributed by atoms with Gasteiger partial charge >= 0.3 is 0 Å². The van der Waals surface area contributed by atoms with Crippen LogP contribution in [0.1, 0.15) is 42.7 Å². The first-order valence-corrected chi connectivity index (χ1v) is 9.92. The number of unbranched alkanes of at least 4 members (excludes halogenated alkanes) is 2. The van der Waals surface area contributed by atoms with Crippen LogP contribution in [0.5, 0.6) is 0 Å². The molecular weight excluding hydrogens is 316 g/mol. The van der Waals surface area contributed by atoms with E-state index in [-0.39, 0.29) is 0 Å². The van der Waals surface area contributed by atoms with Crippen molar-refractivity contribution < 1.29 is 0 Å². The second-order valence-corrected chi connectivity index (χ2v) is 7.34. The normalized spacial score (nSPS) is 19.8. The molecule has 0 bridgehead atoms. The fourth-order valence-electron chi connectivity index (χ4n) is 4.19. The molecule has 0 aliphatic carbocycles. The Morgan fingerprint density at radius 2 is 1.73 bits per heavy atom. The van der Waals surface area contributed by atoms with E-state index in [4.69, 9.17) is 0 Å². The summed E-state index contributed by atoms with van der Waals surface area (Å²) in [5.74, 6) is 0.513. The zero-order valence-corrected chi connectivity index (χ0v) is 15.3. The van der Waals surface area contributed by atoms with Gasteiger partial charge in [0, 0.05) is 35.6 Å². The van der Waals surface area contributed by atoms with Crippen LogP contribution in [0, 0.1) is 0 Å². The van der Waals surface area contributed by atoms with E-state index in [0.717, 1.165) is 6.54 Å². The van der Waals surface area contributed by atoms with E-state index in [1.54, 1.807) is 0 Å². The first kappa shape index (κ1) is 17.1. The van der Waals surface area contributed by atoms with Gasteiger partial charge in [0.1, 0.15) is 0 Å². The van der Waals surface area contributed by atoms with Gasteiger partial charge in [-0.15, -0.1) is 0 Å². The van der Waals surface area contributed by atoms with Gasteiger partial charge < -0.3 is 10.3 Å². The van der Waals surface area contributed by atoms with Gasteiger partial charge in [-0.2, -0.15) is 0 Å². The zero-order valence-electron chi connectivity index (χ0n) is 15.3. The van der Waals surface area contributed by atoms with Crippen molar-refractivity contribution in [1.29, 1.82) is 0 Å². The summed E-state index contributed by atoms with van der Waals surface area (Å²) in [6.07, 6.45) is 13.1. The van der Waals surface area contributed by atoms with Gasteiger partial charge in [-0.05, 0) is 36.5 Å². The fraction of sp³-hybridized carbons (Fsp3) is 0.333. The van der Waals surface area contributed by atoms with Gasteiger partial charge in [0.05, 0.1) is 0 Å². The molecule has 2 unspecified atom stereocenters. The number of fused-ring (bicyclic) bond motifs is 1. The maximum atomic E-state index is 3.70. The summed E-state index contributed by atoms with van der Waals surface area (Å²) in [6.45, 7) is 1.00. The smallest absolute Gasteiger partial charge is 0.0456 e. The summed E-state index contributed by atoms with van der Waals surface area (Å²) < 4.78 is 0. The molecule has 1 aliphatic heterocycles. The first-order chi connectivity index (χ1) is 12.9. The van der Waals surface area contributed by atoms with Gasteiger partial charge in [0.25, 0.3) is 0 Å². The number of nitrogens with one attached hydrogen (secondary N) is 2. The zero-order chi connectivity index (χ0) is 17.6. The van der Waals surface area contributed by atoms with Gasteiger partial charge in [-0.3, -0.25) is 0 Å². The minimum atomic E-state index is 0.513. The molecule has 2 aromatic carbocycles. The van der Waals surface area contributed by atoms with Crippen molar-refractivity contribution in [2.75, 3.05) is 6.54 Å². The number of H-pyrrole nitrogens is 1. The van der Waals surface area contributed by atoms with Gasteiger partial charge in [0.2, 0.25) is 0 Å². The molecule has 2 atom stereocenters. The standard InChI is InChI=1S/C24H28N2/c1-3-10-19(11-4-1)21-14-9-17-25-23(21)15-6-2-5-12-20-18-26-24-16-8-7-13-22(20)24/h1,3-4,7-11,13-14,16,18,21,23,25-26H,2,5-6,12,15,17H2. The predicted octanol–water partition coefficient (Wildman–Crippen LogP) is 5.58. The third-order valence-electron chi connectivity index (χ3n) is 5.60. The average molecular weight is 345 g/mol. The third kappa shape index (κ3) is 3.91. The Morgan fingerprint density at radius 1 is 0.885 bits per heavy atom. The molecule has 2 N–H and O–H groups in total. The van der Waals surface area contributed by atoms with Crippen molar-refractivity contribution in [1.82, 2.24) is 10.3 Å². The predicted molar refractivity (Wildman–Crippen MR) is 111 cm³/mol. The van der Waals surface area contributed by atoms with Crippen LogP contribution in [0.25, 0.3) is 10.9 Å². The summed E-state index contributed by atoms with van der Waals surface area (Å²) in [5.41, 5.74) is 4.15. The van der Waals surface area contributed by atoms with Crippen LogP contribution in [0.15, 0.2) is 72.9 Å². The SMILES string of the molecule is C1=CC(c2ccccc2)C(CCCCCc2c[nH]c3ccccc23)NC1. The fourth-order valence-corrected chi connectivity index (χ4v) is 4.19. The Labute approximate surface area is 156 Å². The number of para-hydroxylation sites is 1. The van der Waals surface area contributed by atoms with Crippen LogP contribution >= 0.6 is 0 Å². The molecule has 2 heterocycles. The number of benzene rings is 2. The molecule has 0 fully saturated rings. The molecule has 0 radical (unpaired) electrons. The number of hydrogen-bond donors (Lipinski definition) is 2. The third-order valence-corrected chi connectivity index (χ3v) is 5.60. The highest BCUT2D eigenvalue weighted by molar-refractivity contribution is 5.82. The largest absolute Gasteiger partial charge is 0.361 e. The molecule has 3 aromatic rings. The van der Waals surface area contributed by atoms with E-state index >= 15 is 0 Å². The van der Waals surface area contributed by atoms with Gasteiger partial charge in [0.15, 0.2) is 0 Å². The van der Waals surface area contributed by atoms with Crippen molar-refractivity contribution in [2.24, 2.45) is 0 Å². The van der Waals surface area contributed by atoms with Gasteiger partial charge in [-0.25, -0.2) is 0 Å². The topological polar surface area (TPSA) is 27.8 Å². The molecule has 1 aliphatic rings. The number of aryl methyl sites for hydroxylation is 1. The van der Waals surface area contributed by atoms with Crippen LogP contribution in [-0.4, -0.2) is 17.6 Å². The number of aromatic nitrogens is 1. The molecular formula is C24H28N2. The van der Waals surface area contributed by atoms with E-state index in [2.05, 4.69) is 83.2 Å². The summed E-state index contributed by atoms with van der Waals surface area (Å²) in [4.78, 5) is 3.39. The molecule has 2 heteroatoms. The molecule has 0 spiro atoms. The Hall–Kier alpha value is -2.32. The molecule has 0 saturated heterocycles. The highest BCUT2D eigenvalue weighted by atomic mass is 14.9. The van der Waals surface area contributed by atoms with E-state index in [1.165, 1.54) is 54.1 Å². The number of rotatable bonds is 7. The van der Waals surface area contributed by atoms with E-state index in [0.29, 0.717) is 12.0 Å². The highest BCUT2D eigenvalue weighted by Crippen LogP contribution is 2.27. The maximum Gasteiger partial charge on any atom is 0.0456 e. The Kier molecular flexibility index (Phi) is 5.51. The monoisotopic (exact) mass is 344 g/mol. The number of hydrogen-bond acceptors (Lipinski definition) is 1. The molecule has 26 heavy (non-hydrogen) atoms. The lowest BCUT2D eigenvalue weighted by atomic mass is 9.86. The minimum absolute atomic E-state index is 0.513. The van der Waals surface area contributed by atoms with Crippen molar-refractivity contribution in [3.05, 3.63) is 84.1 Å². The molecule has 134 valence electrons. The maximum absolute atomic E-state index is 3.70. The summed E-state index contributed by atoms with van der Waals surface area (Å²) in [6, 6.07) is 20.1. The summed E-state index contributed by atoms with van der Waals surface area (Å²) in [7, 11) is 0. The molecule has 0 amide bonds. The quantitative estimate of drug-likeness (QED) is 0.425.